The number of benzene rings is 1. The maximum atomic E-state index is 12.6. The second kappa shape index (κ2) is 8.81. The van der Waals surface area contributed by atoms with Crippen LogP contribution in [0.15, 0.2) is 30.3 Å². The van der Waals surface area contributed by atoms with Crippen LogP contribution in [0.1, 0.15) is 37.7 Å². The molecule has 1 aromatic carbocycles. The van der Waals surface area contributed by atoms with Gasteiger partial charge in [0.15, 0.2) is 0 Å². The molecular weight excluding hydrogens is 310 g/mol. The first-order chi connectivity index (χ1) is 11.8. The lowest BCUT2D eigenvalue weighted by Gasteiger charge is -2.41. The van der Waals surface area contributed by atoms with Crippen molar-refractivity contribution in [2.24, 2.45) is 11.1 Å². The number of carbonyl (C=O) groups excluding carboxylic acids is 1. The summed E-state index contributed by atoms with van der Waals surface area (Å²) in [5.74, 6) is 0.301. The van der Waals surface area contributed by atoms with Crippen LogP contribution in [-0.2, 0) is 11.2 Å². The number of amides is 1. The molecule has 1 aliphatic rings. The van der Waals surface area contributed by atoms with Crippen LogP contribution in [0, 0.1) is 5.41 Å². The lowest BCUT2D eigenvalue weighted by atomic mass is 9.74. The molecule has 1 aromatic rings. The molecule has 4 heteroatoms. The monoisotopic (exact) mass is 346 g/mol. The smallest absolute Gasteiger partial charge is 0.223 e. The van der Waals surface area contributed by atoms with Gasteiger partial charge >= 0.3 is 0 Å². The molecule has 0 bridgehead atoms. The maximum absolute atomic E-state index is 12.6. The van der Waals surface area contributed by atoms with E-state index < -0.39 is 0 Å². The first kappa shape index (κ1) is 19.9. The Morgan fingerprint density at radius 2 is 1.88 bits per heavy atom. The Hall–Kier alpha value is -1.39. The second-order valence-corrected chi connectivity index (χ2v) is 8.72. The lowest BCUT2D eigenvalue weighted by molar-refractivity contribution is -0.870. The Bertz CT molecular complexity index is 538. The van der Waals surface area contributed by atoms with E-state index in [9.17, 15) is 4.79 Å². The van der Waals surface area contributed by atoms with Crippen LogP contribution >= 0.6 is 0 Å². The highest BCUT2D eigenvalue weighted by Crippen LogP contribution is 2.36. The number of nitrogens with two attached hydrogens (primary N) is 1. The molecule has 0 aliphatic carbocycles. The van der Waals surface area contributed by atoms with Crippen molar-refractivity contribution < 1.29 is 9.28 Å². The highest BCUT2D eigenvalue weighted by Gasteiger charge is 2.37. The van der Waals surface area contributed by atoms with Gasteiger partial charge in [-0.1, -0.05) is 30.3 Å². The van der Waals surface area contributed by atoms with Crippen molar-refractivity contribution in [2.75, 3.05) is 47.3 Å². The van der Waals surface area contributed by atoms with Gasteiger partial charge < -0.3 is 15.1 Å². The number of likely N-dealkylation sites (tertiary alicyclic amines) is 1. The quantitative estimate of drug-likeness (QED) is 0.552. The summed E-state index contributed by atoms with van der Waals surface area (Å²) in [4.78, 5) is 14.7. The van der Waals surface area contributed by atoms with E-state index in [0.717, 1.165) is 49.8 Å². The van der Waals surface area contributed by atoms with Gasteiger partial charge in [0.25, 0.3) is 0 Å². The standard InChI is InChI=1S/C21H36N3O/c1-24(2,3)16-8-7-14-23-15-13-21(18-22,17-20(23)25)12-11-19-9-5-4-6-10-19/h4-6,9-10H,7-8,11-18,22H2,1-3H3/q+1/t21-/m0/s1. The van der Waals surface area contributed by atoms with E-state index in [1.165, 1.54) is 12.0 Å². The van der Waals surface area contributed by atoms with Crippen LogP contribution in [0.3, 0.4) is 0 Å². The zero-order valence-corrected chi connectivity index (χ0v) is 16.3. The van der Waals surface area contributed by atoms with Gasteiger partial charge in [-0.3, -0.25) is 4.79 Å². The van der Waals surface area contributed by atoms with Crippen LogP contribution < -0.4 is 5.73 Å². The number of aryl methyl sites for hydroxylation is 1. The summed E-state index contributed by atoms with van der Waals surface area (Å²) in [6.45, 7) is 3.54. The molecule has 1 saturated heterocycles. The predicted octanol–water partition coefficient (Wildman–Crippen LogP) is 2.67. The van der Waals surface area contributed by atoms with Gasteiger partial charge in [-0.2, -0.15) is 0 Å². The third-order valence-corrected chi connectivity index (χ3v) is 5.52. The maximum Gasteiger partial charge on any atom is 0.223 e. The third kappa shape index (κ3) is 6.44. The minimum absolute atomic E-state index is 0.00821. The van der Waals surface area contributed by atoms with Gasteiger partial charge in [-0.15, -0.1) is 0 Å². The molecule has 0 radical (unpaired) electrons. The average molecular weight is 347 g/mol. The molecule has 0 aromatic heterocycles. The van der Waals surface area contributed by atoms with E-state index in [2.05, 4.69) is 50.3 Å². The first-order valence-electron chi connectivity index (χ1n) is 9.66. The lowest BCUT2D eigenvalue weighted by Crippen LogP contribution is -2.47. The molecule has 1 atom stereocenters. The molecule has 1 aliphatic heterocycles. The van der Waals surface area contributed by atoms with Crippen molar-refractivity contribution in [3.8, 4) is 0 Å². The topological polar surface area (TPSA) is 46.3 Å². The van der Waals surface area contributed by atoms with E-state index in [1.54, 1.807) is 0 Å². The number of carbonyl (C=O) groups is 1. The normalized spacial score (nSPS) is 21.6. The highest BCUT2D eigenvalue weighted by molar-refractivity contribution is 5.77. The summed E-state index contributed by atoms with van der Waals surface area (Å²) < 4.78 is 0.990. The largest absolute Gasteiger partial charge is 0.343 e. The molecule has 4 nitrogen and oxygen atoms in total. The van der Waals surface area contributed by atoms with E-state index >= 15 is 0 Å². The number of unbranched alkanes of at least 4 members (excludes halogenated alkanes) is 1. The van der Waals surface area contributed by atoms with Crippen molar-refractivity contribution >= 4 is 5.91 Å². The van der Waals surface area contributed by atoms with Crippen LogP contribution in [0.4, 0.5) is 0 Å². The molecule has 2 rings (SSSR count). The van der Waals surface area contributed by atoms with Crippen LogP contribution in [0.5, 0.6) is 0 Å². The van der Waals surface area contributed by atoms with Crippen molar-refractivity contribution in [3.63, 3.8) is 0 Å². The van der Waals surface area contributed by atoms with Gasteiger partial charge in [0.05, 0.1) is 27.7 Å². The fourth-order valence-electron chi connectivity index (χ4n) is 3.69. The van der Waals surface area contributed by atoms with Crippen LogP contribution in [0.25, 0.3) is 0 Å². The minimum Gasteiger partial charge on any atom is -0.343 e. The summed E-state index contributed by atoms with van der Waals surface area (Å²) >= 11 is 0. The van der Waals surface area contributed by atoms with Gasteiger partial charge in [0, 0.05) is 19.5 Å². The Balaban J connectivity index is 1.80. The Morgan fingerprint density at radius 1 is 1.16 bits per heavy atom. The molecule has 1 heterocycles. The summed E-state index contributed by atoms with van der Waals surface area (Å²) in [6, 6.07) is 10.5. The van der Waals surface area contributed by atoms with Gasteiger partial charge in [0.2, 0.25) is 5.91 Å². The molecular formula is C21H36N3O+. The number of hydrogen-bond donors (Lipinski definition) is 1. The second-order valence-electron chi connectivity index (χ2n) is 8.72. The van der Waals surface area contributed by atoms with Crippen molar-refractivity contribution in [2.45, 2.75) is 38.5 Å². The molecule has 2 N–H and O–H groups in total. The third-order valence-electron chi connectivity index (χ3n) is 5.52. The predicted molar refractivity (Wildman–Crippen MR) is 104 cm³/mol. The van der Waals surface area contributed by atoms with Gasteiger partial charge in [-0.25, -0.2) is 0 Å². The molecule has 140 valence electrons. The fourth-order valence-corrected chi connectivity index (χ4v) is 3.69. The summed E-state index contributed by atoms with van der Waals surface area (Å²) in [5, 5.41) is 0. The summed E-state index contributed by atoms with van der Waals surface area (Å²) in [5.41, 5.74) is 7.44. The Labute approximate surface area is 153 Å². The SMILES string of the molecule is C[N+](C)(C)CCCCN1CC[C@@](CN)(CCc2ccccc2)CC1=O. The van der Waals surface area contributed by atoms with Crippen molar-refractivity contribution in [1.29, 1.82) is 0 Å². The zero-order chi connectivity index (χ0) is 18.3. The molecule has 1 amide bonds. The van der Waals surface area contributed by atoms with Crippen molar-refractivity contribution in [3.05, 3.63) is 35.9 Å². The van der Waals surface area contributed by atoms with E-state index in [0.29, 0.717) is 18.9 Å². The molecule has 1 fully saturated rings. The van der Waals surface area contributed by atoms with Gasteiger partial charge in [0.1, 0.15) is 0 Å². The Morgan fingerprint density at radius 3 is 2.48 bits per heavy atom. The van der Waals surface area contributed by atoms with Gasteiger partial charge in [-0.05, 0) is 49.6 Å². The summed E-state index contributed by atoms with van der Waals surface area (Å²) in [6.07, 6.45) is 5.94. The fraction of sp³-hybridized carbons (Fsp3) is 0.667. The van der Waals surface area contributed by atoms with Crippen LogP contribution in [0.2, 0.25) is 0 Å². The number of quaternary nitrogens is 1. The molecule has 25 heavy (non-hydrogen) atoms. The molecule has 0 spiro atoms. The Kier molecular flexibility index (Phi) is 7.03. The van der Waals surface area contributed by atoms with E-state index in [4.69, 9.17) is 5.73 Å². The number of piperidine rings is 1. The first-order valence-corrected chi connectivity index (χ1v) is 9.66. The number of rotatable bonds is 9. The van der Waals surface area contributed by atoms with E-state index in [-0.39, 0.29) is 5.41 Å². The number of hydrogen-bond acceptors (Lipinski definition) is 2. The number of nitrogens with zero attached hydrogens (tertiary/aromatic N) is 2. The zero-order valence-electron chi connectivity index (χ0n) is 16.3. The minimum atomic E-state index is -0.00821. The van der Waals surface area contributed by atoms with E-state index in [1.807, 2.05) is 6.07 Å². The summed E-state index contributed by atoms with van der Waals surface area (Å²) in [7, 11) is 6.65. The van der Waals surface area contributed by atoms with Crippen molar-refractivity contribution in [1.82, 2.24) is 4.90 Å². The highest BCUT2D eigenvalue weighted by atomic mass is 16.2. The van der Waals surface area contributed by atoms with Crippen LogP contribution in [-0.4, -0.2) is 62.6 Å². The molecule has 0 unspecified atom stereocenters. The average Bonchev–Trinajstić information content (AvgIpc) is 2.58. The molecule has 0 saturated carbocycles.